The molecule has 7 heteroatoms. The predicted molar refractivity (Wildman–Crippen MR) is 87.6 cm³/mol. The maximum absolute atomic E-state index is 12.3. The summed E-state index contributed by atoms with van der Waals surface area (Å²) in [5.41, 5.74) is 0. The first-order valence-corrected chi connectivity index (χ1v) is 10.2. The minimum Gasteiger partial charge on any atom is -0.340 e. The molecule has 0 aromatic rings. The highest BCUT2D eigenvalue weighted by Gasteiger charge is 2.32. The Kier molecular flexibility index (Phi) is 6.23. The van der Waals surface area contributed by atoms with E-state index in [1.54, 1.807) is 0 Å². The van der Waals surface area contributed by atoms with E-state index in [0.29, 0.717) is 25.1 Å². The zero-order valence-corrected chi connectivity index (χ0v) is 14.6. The monoisotopic (exact) mass is 331 g/mol. The Labute approximate surface area is 134 Å². The molecule has 22 heavy (non-hydrogen) atoms. The first-order chi connectivity index (χ1) is 10.4. The minimum atomic E-state index is -2.86. The van der Waals surface area contributed by atoms with E-state index in [-0.39, 0.29) is 17.7 Å². The molecule has 0 N–H and O–H groups in total. The molecule has 2 aliphatic heterocycles. The number of hydrogen-bond donors (Lipinski definition) is 0. The normalized spacial score (nSPS) is 25.8. The van der Waals surface area contributed by atoms with Gasteiger partial charge in [0.15, 0.2) is 9.84 Å². The summed E-state index contributed by atoms with van der Waals surface area (Å²) in [7, 11) is -2.86. The van der Waals surface area contributed by atoms with Crippen LogP contribution in [-0.2, 0) is 14.6 Å². The van der Waals surface area contributed by atoms with Crippen molar-refractivity contribution in [2.45, 2.75) is 32.7 Å². The van der Waals surface area contributed by atoms with Gasteiger partial charge in [-0.25, -0.2) is 8.42 Å². The van der Waals surface area contributed by atoms with Crippen molar-refractivity contribution in [3.05, 3.63) is 0 Å². The van der Waals surface area contributed by atoms with E-state index in [1.807, 2.05) is 11.8 Å². The zero-order chi connectivity index (χ0) is 16.2. The van der Waals surface area contributed by atoms with Gasteiger partial charge < -0.3 is 9.80 Å². The standard InChI is InChI=1S/C15H29N3O3S/c1-3-16-8-10-18(11-9-16)15(19)5-7-17(4-2)14-6-12-22(20,21)13-14/h14H,3-13H2,1-2H3. The predicted octanol–water partition coefficient (Wildman–Crippen LogP) is 0.0496. The lowest BCUT2D eigenvalue weighted by Gasteiger charge is -2.35. The van der Waals surface area contributed by atoms with Crippen LogP contribution in [0.1, 0.15) is 26.7 Å². The molecule has 0 aromatic carbocycles. The molecule has 0 spiro atoms. The van der Waals surface area contributed by atoms with Gasteiger partial charge in [-0.15, -0.1) is 0 Å². The number of carbonyl (C=O) groups is 1. The Morgan fingerprint density at radius 1 is 1.18 bits per heavy atom. The lowest BCUT2D eigenvalue weighted by atomic mass is 10.2. The second kappa shape index (κ2) is 7.75. The number of carbonyl (C=O) groups excluding carboxylic acids is 1. The highest BCUT2D eigenvalue weighted by Crippen LogP contribution is 2.18. The van der Waals surface area contributed by atoms with Crippen LogP contribution in [0.15, 0.2) is 0 Å². The SMILES string of the molecule is CCN1CCN(C(=O)CCN(CC)C2CCS(=O)(=O)C2)CC1. The summed E-state index contributed by atoms with van der Waals surface area (Å²) in [5, 5.41) is 0. The topological polar surface area (TPSA) is 60.9 Å². The van der Waals surface area contributed by atoms with Crippen molar-refractivity contribution in [2.24, 2.45) is 0 Å². The maximum Gasteiger partial charge on any atom is 0.223 e. The third kappa shape index (κ3) is 4.67. The average molecular weight is 331 g/mol. The molecule has 2 rings (SSSR count). The van der Waals surface area contributed by atoms with Crippen LogP contribution in [0.4, 0.5) is 0 Å². The van der Waals surface area contributed by atoms with Crippen LogP contribution in [0, 0.1) is 0 Å². The van der Waals surface area contributed by atoms with Crippen molar-refractivity contribution in [2.75, 3.05) is 57.3 Å². The molecular formula is C15H29N3O3S. The third-order valence-electron chi connectivity index (χ3n) is 4.92. The molecule has 2 aliphatic rings. The highest BCUT2D eigenvalue weighted by atomic mass is 32.2. The molecular weight excluding hydrogens is 302 g/mol. The van der Waals surface area contributed by atoms with Gasteiger partial charge in [0, 0.05) is 45.2 Å². The van der Waals surface area contributed by atoms with Crippen molar-refractivity contribution < 1.29 is 13.2 Å². The summed E-state index contributed by atoms with van der Waals surface area (Å²) in [6, 6.07) is 0.0970. The first-order valence-electron chi connectivity index (χ1n) is 8.39. The van der Waals surface area contributed by atoms with Gasteiger partial charge in [0.2, 0.25) is 5.91 Å². The van der Waals surface area contributed by atoms with Crippen LogP contribution < -0.4 is 0 Å². The fourth-order valence-electron chi connectivity index (χ4n) is 3.37. The molecule has 128 valence electrons. The summed E-state index contributed by atoms with van der Waals surface area (Å²) >= 11 is 0. The Balaban J connectivity index is 1.77. The second-order valence-electron chi connectivity index (χ2n) is 6.25. The lowest BCUT2D eigenvalue weighted by Crippen LogP contribution is -2.49. The van der Waals surface area contributed by atoms with Crippen LogP contribution >= 0.6 is 0 Å². The smallest absolute Gasteiger partial charge is 0.223 e. The molecule has 1 amide bonds. The molecule has 6 nitrogen and oxygen atoms in total. The van der Waals surface area contributed by atoms with Gasteiger partial charge in [-0.3, -0.25) is 9.69 Å². The van der Waals surface area contributed by atoms with Crippen molar-refractivity contribution in [3.8, 4) is 0 Å². The van der Waals surface area contributed by atoms with E-state index in [9.17, 15) is 13.2 Å². The number of likely N-dealkylation sites (N-methyl/N-ethyl adjacent to an activating group) is 1. The van der Waals surface area contributed by atoms with Crippen molar-refractivity contribution in [3.63, 3.8) is 0 Å². The van der Waals surface area contributed by atoms with Crippen LogP contribution in [0.3, 0.4) is 0 Å². The van der Waals surface area contributed by atoms with Crippen LogP contribution in [0.25, 0.3) is 0 Å². The number of nitrogens with zero attached hydrogens (tertiary/aromatic N) is 3. The van der Waals surface area contributed by atoms with Crippen LogP contribution in [0.5, 0.6) is 0 Å². The Hall–Kier alpha value is -0.660. The molecule has 1 unspecified atom stereocenters. The van der Waals surface area contributed by atoms with Gasteiger partial charge in [-0.1, -0.05) is 13.8 Å². The molecule has 0 bridgehead atoms. The molecule has 0 radical (unpaired) electrons. The van der Waals surface area contributed by atoms with Gasteiger partial charge in [-0.2, -0.15) is 0 Å². The third-order valence-corrected chi connectivity index (χ3v) is 6.67. The fourth-order valence-corrected chi connectivity index (χ4v) is 5.13. The average Bonchev–Trinajstić information content (AvgIpc) is 2.88. The van der Waals surface area contributed by atoms with E-state index in [2.05, 4.69) is 16.7 Å². The van der Waals surface area contributed by atoms with Crippen LogP contribution in [-0.4, -0.2) is 92.4 Å². The molecule has 0 aliphatic carbocycles. The largest absolute Gasteiger partial charge is 0.340 e. The summed E-state index contributed by atoms with van der Waals surface area (Å²) in [5.74, 6) is 0.751. The van der Waals surface area contributed by atoms with Gasteiger partial charge in [0.25, 0.3) is 0 Å². The van der Waals surface area contributed by atoms with E-state index in [0.717, 1.165) is 39.3 Å². The number of sulfone groups is 1. The van der Waals surface area contributed by atoms with Gasteiger partial charge in [-0.05, 0) is 19.5 Å². The summed E-state index contributed by atoms with van der Waals surface area (Å²) in [6.07, 6.45) is 1.20. The number of rotatable bonds is 6. The zero-order valence-electron chi connectivity index (χ0n) is 13.8. The summed E-state index contributed by atoms with van der Waals surface area (Å²) < 4.78 is 23.2. The quantitative estimate of drug-likeness (QED) is 0.688. The molecule has 0 aromatic heterocycles. The van der Waals surface area contributed by atoms with Crippen molar-refractivity contribution >= 4 is 15.7 Å². The molecule has 0 saturated carbocycles. The first kappa shape index (κ1) is 17.7. The Morgan fingerprint density at radius 3 is 2.36 bits per heavy atom. The number of hydrogen-bond acceptors (Lipinski definition) is 5. The second-order valence-corrected chi connectivity index (χ2v) is 8.48. The van der Waals surface area contributed by atoms with Gasteiger partial charge in [0.1, 0.15) is 0 Å². The summed E-state index contributed by atoms with van der Waals surface area (Å²) in [6.45, 7) is 10.2. The highest BCUT2D eigenvalue weighted by molar-refractivity contribution is 7.91. The Bertz CT molecular complexity index is 472. The van der Waals surface area contributed by atoms with E-state index in [1.165, 1.54) is 0 Å². The molecule has 1 atom stereocenters. The van der Waals surface area contributed by atoms with Gasteiger partial charge >= 0.3 is 0 Å². The fraction of sp³-hybridized carbons (Fsp3) is 0.933. The number of amides is 1. The Morgan fingerprint density at radius 2 is 1.86 bits per heavy atom. The summed E-state index contributed by atoms with van der Waals surface area (Å²) in [4.78, 5) is 18.8. The van der Waals surface area contributed by atoms with Crippen molar-refractivity contribution in [1.29, 1.82) is 0 Å². The van der Waals surface area contributed by atoms with Crippen molar-refractivity contribution in [1.82, 2.24) is 14.7 Å². The number of piperazine rings is 1. The van der Waals surface area contributed by atoms with E-state index < -0.39 is 9.84 Å². The van der Waals surface area contributed by atoms with E-state index in [4.69, 9.17) is 0 Å². The minimum absolute atomic E-state index is 0.0970. The molecule has 2 fully saturated rings. The maximum atomic E-state index is 12.3. The van der Waals surface area contributed by atoms with Crippen LogP contribution in [0.2, 0.25) is 0 Å². The van der Waals surface area contributed by atoms with E-state index >= 15 is 0 Å². The molecule has 2 heterocycles. The lowest BCUT2D eigenvalue weighted by molar-refractivity contribution is -0.133. The molecule has 2 saturated heterocycles. The van der Waals surface area contributed by atoms with Gasteiger partial charge in [0.05, 0.1) is 11.5 Å².